The topological polar surface area (TPSA) is 73.0 Å². The Bertz CT molecular complexity index is 939. The van der Waals surface area contributed by atoms with E-state index in [2.05, 4.69) is 41.4 Å². The van der Waals surface area contributed by atoms with Gasteiger partial charge in [0.15, 0.2) is 0 Å². The highest BCUT2D eigenvalue weighted by Gasteiger charge is 2.29. The Labute approximate surface area is 180 Å². The zero-order valence-electron chi connectivity index (χ0n) is 16.8. The summed E-state index contributed by atoms with van der Waals surface area (Å²) in [6, 6.07) is 15.5. The fourth-order valence-electron chi connectivity index (χ4n) is 3.60. The predicted octanol–water partition coefficient (Wildman–Crippen LogP) is 3.54. The molecule has 2 aliphatic heterocycles. The third-order valence-electron chi connectivity index (χ3n) is 5.32. The van der Waals surface area contributed by atoms with E-state index in [1.54, 1.807) is 12.1 Å². The Morgan fingerprint density at radius 2 is 1.77 bits per heavy atom. The molecule has 7 nitrogen and oxygen atoms in total. The normalized spacial score (nSPS) is 16.9. The molecule has 0 saturated carbocycles. The number of hydrogen-bond acceptors (Lipinski definition) is 5. The number of amides is 4. The number of piperazine rings is 1. The van der Waals surface area contributed by atoms with Crippen LogP contribution in [0.25, 0.3) is 0 Å². The Morgan fingerprint density at radius 1 is 1.03 bits per heavy atom. The quantitative estimate of drug-likeness (QED) is 0.813. The molecular formula is C22H24N4O3S. The largest absolute Gasteiger partial charge is 0.368 e. The lowest BCUT2D eigenvalue weighted by molar-refractivity contribution is -0.125. The molecule has 0 spiro atoms. The SMILES string of the molecule is Cc1cccc(N2CCN(C(=O)Nc3ccc(CN4C(=O)CSC4=O)cc3)CC2)c1. The summed E-state index contributed by atoms with van der Waals surface area (Å²) in [5.74, 6) is 0.0524. The van der Waals surface area contributed by atoms with Gasteiger partial charge >= 0.3 is 6.03 Å². The summed E-state index contributed by atoms with van der Waals surface area (Å²) in [7, 11) is 0. The number of imide groups is 1. The van der Waals surface area contributed by atoms with Gasteiger partial charge in [-0.2, -0.15) is 0 Å². The molecule has 2 aromatic carbocycles. The molecule has 156 valence electrons. The van der Waals surface area contributed by atoms with Gasteiger partial charge in [-0.05, 0) is 42.3 Å². The minimum absolute atomic E-state index is 0.118. The van der Waals surface area contributed by atoms with Crippen LogP contribution in [0.15, 0.2) is 48.5 Å². The van der Waals surface area contributed by atoms with Crippen molar-refractivity contribution in [2.75, 3.05) is 42.1 Å². The van der Waals surface area contributed by atoms with Crippen LogP contribution in [0, 0.1) is 6.92 Å². The lowest BCUT2D eigenvalue weighted by Crippen LogP contribution is -2.50. The summed E-state index contributed by atoms with van der Waals surface area (Å²) in [5.41, 5.74) is 3.97. The number of rotatable bonds is 4. The minimum atomic E-state index is -0.206. The monoisotopic (exact) mass is 424 g/mol. The lowest BCUT2D eigenvalue weighted by Gasteiger charge is -2.36. The van der Waals surface area contributed by atoms with Crippen molar-refractivity contribution in [3.05, 3.63) is 59.7 Å². The van der Waals surface area contributed by atoms with E-state index in [9.17, 15) is 14.4 Å². The van der Waals surface area contributed by atoms with Gasteiger partial charge in [-0.1, -0.05) is 36.0 Å². The van der Waals surface area contributed by atoms with Crippen LogP contribution >= 0.6 is 11.8 Å². The van der Waals surface area contributed by atoms with E-state index in [0.29, 0.717) is 18.8 Å². The van der Waals surface area contributed by atoms with E-state index in [1.807, 2.05) is 17.0 Å². The first-order valence-corrected chi connectivity index (χ1v) is 10.9. The number of benzene rings is 2. The molecule has 0 aliphatic carbocycles. The maximum atomic E-state index is 12.6. The molecule has 2 heterocycles. The summed E-state index contributed by atoms with van der Waals surface area (Å²) < 4.78 is 0. The number of urea groups is 1. The fraction of sp³-hybridized carbons (Fsp3) is 0.318. The summed E-state index contributed by atoms with van der Waals surface area (Å²) in [5, 5.41) is 2.72. The molecule has 0 bridgehead atoms. The maximum Gasteiger partial charge on any atom is 0.321 e. The van der Waals surface area contributed by atoms with E-state index in [0.717, 1.165) is 30.4 Å². The Kier molecular flexibility index (Phi) is 5.94. The van der Waals surface area contributed by atoms with Gasteiger partial charge in [0, 0.05) is 37.6 Å². The first-order chi connectivity index (χ1) is 14.5. The van der Waals surface area contributed by atoms with Crippen molar-refractivity contribution >= 4 is 40.3 Å². The second-order valence-electron chi connectivity index (χ2n) is 7.47. The van der Waals surface area contributed by atoms with Gasteiger partial charge in [-0.15, -0.1) is 0 Å². The van der Waals surface area contributed by atoms with Gasteiger partial charge in [0.2, 0.25) is 5.91 Å². The summed E-state index contributed by atoms with van der Waals surface area (Å²) in [4.78, 5) is 41.4. The maximum absolute atomic E-state index is 12.6. The predicted molar refractivity (Wildman–Crippen MR) is 119 cm³/mol. The Hall–Kier alpha value is -3.00. The second kappa shape index (κ2) is 8.79. The van der Waals surface area contributed by atoms with Crippen LogP contribution in [-0.2, 0) is 11.3 Å². The van der Waals surface area contributed by atoms with Crippen molar-refractivity contribution in [2.24, 2.45) is 0 Å². The summed E-state index contributed by atoms with van der Waals surface area (Å²) in [6.07, 6.45) is 0. The molecular weight excluding hydrogens is 400 g/mol. The molecule has 0 unspecified atom stereocenters. The van der Waals surface area contributed by atoms with Gasteiger partial charge < -0.3 is 15.1 Å². The van der Waals surface area contributed by atoms with Crippen LogP contribution in [0.1, 0.15) is 11.1 Å². The molecule has 2 fully saturated rings. The molecule has 0 atom stereocenters. The number of carbonyl (C=O) groups is 3. The Morgan fingerprint density at radius 3 is 2.40 bits per heavy atom. The smallest absolute Gasteiger partial charge is 0.321 e. The van der Waals surface area contributed by atoms with Crippen LogP contribution in [-0.4, -0.2) is 58.9 Å². The van der Waals surface area contributed by atoms with E-state index in [4.69, 9.17) is 0 Å². The minimum Gasteiger partial charge on any atom is -0.368 e. The zero-order chi connectivity index (χ0) is 21.1. The number of thioether (sulfide) groups is 1. The summed E-state index contributed by atoms with van der Waals surface area (Å²) >= 11 is 1.03. The highest BCUT2D eigenvalue weighted by atomic mass is 32.2. The van der Waals surface area contributed by atoms with Crippen LogP contribution in [0.5, 0.6) is 0 Å². The van der Waals surface area contributed by atoms with Gasteiger partial charge in [0.05, 0.1) is 12.3 Å². The molecule has 1 N–H and O–H groups in total. The molecule has 2 aromatic rings. The van der Waals surface area contributed by atoms with Gasteiger partial charge in [-0.25, -0.2) is 4.79 Å². The number of anilines is 2. The number of hydrogen-bond donors (Lipinski definition) is 1. The van der Waals surface area contributed by atoms with E-state index < -0.39 is 0 Å². The highest BCUT2D eigenvalue weighted by Crippen LogP contribution is 2.22. The molecule has 2 aliphatic rings. The fourth-order valence-corrected chi connectivity index (χ4v) is 4.33. The second-order valence-corrected chi connectivity index (χ2v) is 8.40. The number of aryl methyl sites for hydroxylation is 1. The average molecular weight is 425 g/mol. The molecule has 0 radical (unpaired) electrons. The molecule has 0 aromatic heterocycles. The standard InChI is InChI=1S/C22H24N4O3S/c1-16-3-2-4-19(13-16)24-9-11-25(12-10-24)21(28)23-18-7-5-17(6-8-18)14-26-20(27)15-30-22(26)29/h2-8,13H,9-12,14-15H2,1H3,(H,23,28). The van der Waals surface area contributed by atoms with Crippen LogP contribution in [0.4, 0.5) is 21.0 Å². The van der Waals surface area contributed by atoms with Crippen molar-refractivity contribution in [1.29, 1.82) is 0 Å². The Balaban J connectivity index is 1.29. The highest BCUT2D eigenvalue weighted by molar-refractivity contribution is 8.14. The van der Waals surface area contributed by atoms with E-state index in [1.165, 1.54) is 16.2 Å². The first kappa shape index (κ1) is 20.3. The number of nitrogens with zero attached hydrogens (tertiary/aromatic N) is 3. The van der Waals surface area contributed by atoms with Gasteiger partial charge in [0.1, 0.15) is 0 Å². The number of carbonyl (C=O) groups excluding carboxylic acids is 3. The van der Waals surface area contributed by atoms with Crippen LogP contribution < -0.4 is 10.2 Å². The van der Waals surface area contributed by atoms with E-state index >= 15 is 0 Å². The van der Waals surface area contributed by atoms with Crippen molar-refractivity contribution in [2.45, 2.75) is 13.5 Å². The van der Waals surface area contributed by atoms with Crippen molar-refractivity contribution in [3.63, 3.8) is 0 Å². The first-order valence-electron chi connectivity index (χ1n) is 9.93. The van der Waals surface area contributed by atoms with Crippen molar-refractivity contribution in [1.82, 2.24) is 9.80 Å². The lowest BCUT2D eigenvalue weighted by atomic mass is 10.2. The van der Waals surface area contributed by atoms with E-state index in [-0.39, 0.29) is 29.5 Å². The molecule has 8 heteroatoms. The van der Waals surface area contributed by atoms with Crippen molar-refractivity contribution < 1.29 is 14.4 Å². The van der Waals surface area contributed by atoms with Gasteiger partial charge in [0.25, 0.3) is 5.24 Å². The van der Waals surface area contributed by atoms with Crippen molar-refractivity contribution in [3.8, 4) is 0 Å². The third-order valence-corrected chi connectivity index (χ3v) is 6.18. The summed E-state index contributed by atoms with van der Waals surface area (Å²) in [6.45, 7) is 5.26. The molecule has 2 saturated heterocycles. The van der Waals surface area contributed by atoms with Gasteiger partial charge in [-0.3, -0.25) is 14.5 Å². The molecule has 4 amide bonds. The number of nitrogens with one attached hydrogen (secondary N) is 1. The van der Waals surface area contributed by atoms with Crippen LogP contribution in [0.2, 0.25) is 0 Å². The van der Waals surface area contributed by atoms with Crippen LogP contribution in [0.3, 0.4) is 0 Å². The molecule has 4 rings (SSSR count). The zero-order valence-corrected chi connectivity index (χ0v) is 17.7. The third kappa shape index (κ3) is 4.59. The average Bonchev–Trinajstić information content (AvgIpc) is 3.07. The molecule has 30 heavy (non-hydrogen) atoms.